The van der Waals surface area contributed by atoms with Gasteiger partial charge in [-0.1, -0.05) is 37.8 Å². The van der Waals surface area contributed by atoms with E-state index in [2.05, 4.69) is 17.1 Å². The van der Waals surface area contributed by atoms with E-state index in [-0.39, 0.29) is 6.04 Å². The normalized spacial score (nSPS) is 13.0. The molecule has 15 heavy (non-hydrogen) atoms. The van der Waals surface area contributed by atoms with Crippen LogP contribution >= 0.6 is 0 Å². The molecule has 1 aromatic heterocycles. The van der Waals surface area contributed by atoms with Crippen molar-refractivity contribution in [1.82, 2.24) is 10.1 Å². The first-order valence-electron chi connectivity index (χ1n) is 5.82. The Bertz CT molecular complexity index is 271. The summed E-state index contributed by atoms with van der Waals surface area (Å²) in [5.41, 5.74) is 5.64. The standard InChI is InChI=1S/C11H21N3O/c1-3-4-5-6-7-8-10-13-11(9(2)12)14-15-10/h9H,3-8,12H2,1-2H3. The summed E-state index contributed by atoms with van der Waals surface area (Å²) in [4.78, 5) is 4.22. The van der Waals surface area contributed by atoms with Crippen LogP contribution in [-0.2, 0) is 6.42 Å². The van der Waals surface area contributed by atoms with Crippen LogP contribution in [0.1, 0.15) is 63.7 Å². The molecule has 1 unspecified atom stereocenters. The average molecular weight is 211 g/mol. The predicted molar refractivity (Wildman–Crippen MR) is 59.4 cm³/mol. The molecule has 1 atom stereocenters. The van der Waals surface area contributed by atoms with Crippen LogP contribution in [0, 0.1) is 0 Å². The van der Waals surface area contributed by atoms with Crippen LogP contribution in [0.5, 0.6) is 0 Å². The molecule has 0 aliphatic heterocycles. The first-order chi connectivity index (χ1) is 7.24. The van der Waals surface area contributed by atoms with E-state index in [0.29, 0.717) is 5.82 Å². The van der Waals surface area contributed by atoms with Crippen molar-refractivity contribution >= 4 is 0 Å². The molecule has 0 aromatic carbocycles. The van der Waals surface area contributed by atoms with Gasteiger partial charge in [0.05, 0.1) is 6.04 Å². The van der Waals surface area contributed by atoms with E-state index in [0.717, 1.165) is 18.7 Å². The first-order valence-corrected chi connectivity index (χ1v) is 5.82. The monoisotopic (exact) mass is 211 g/mol. The number of rotatable bonds is 7. The Morgan fingerprint density at radius 3 is 2.60 bits per heavy atom. The van der Waals surface area contributed by atoms with Crippen molar-refractivity contribution in [2.24, 2.45) is 5.73 Å². The zero-order valence-electron chi connectivity index (χ0n) is 9.70. The molecule has 1 rings (SSSR count). The molecule has 0 saturated heterocycles. The molecular weight excluding hydrogens is 190 g/mol. The predicted octanol–water partition coefficient (Wildman–Crippen LogP) is 2.60. The van der Waals surface area contributed by atoms with Crippen molar-refractivity contribution in [3.8, 4) is 0 Å². The molecule has 0 radical (unpaired) electrons. The fraction of sp³-hybridized carbons (Fsp3) is 0.818. The fourth-order valence-corrected chi connectivity index (χ4v) is 1.43. The molecule has 0 aliphatic carbocycles. The Morgan fingerprint density at radius 1 is 1.27 bits per heavy atom. The van der Waals surface area contributed by atoms with Gasteiger partial charge in [0, 0.05) is 6.42 Å². The highest BCUT2D eigenvalue weighted by atomic mass is 16.5. The van der Waals surface area contributed by atoms with Gasteiger partial charge in [-0.05, 0) is 13.3 Å². The molecular formula is C11H21N3O. The van der Waals surface area contributed by atoms with Crippen LogP contribution in [-0.4, -0.2) is 10.1 Å². The van der Waals surface area contributed by atoms with E-state index in [4.69, 9.17) is 10.3 Å². The molecule has 1 aromatic rings. The zero-order chi connectivity index (χ0) is 11.1. The molecule has 0 saturated carbocycles. The van der Waals surface area contributed by atoms with Crippen molar-refractivity contribution in [1.29, 1.82) is 0 Å². The third kappa shape index (κ3) is 4.42. The summed E-state index contributed by atoms with van der Waals surface area (Å²) < 4.78 is 5.09. The summed E-state index contributed by atoms with van der Waals surface area (Å²) in [5.74, 6) is 1.33. The van der Waals surface area contributed by atoms with Gasteiger partial charge < -0.3 is 10.3 Å². The Balaban J connectivity index is 2.20. The molecule has 86 valence electrons. The van der Waals surface area contributed by atoms with Crippen molar-refractivity contribution in [3.05, 3.63) is 11.7 Å². The molecule has 1 heterocycles. The SMILES string of the molecule is CCCCCCCc1nc(C(C)N)no1. The second-order valence-electron chi connectivity index (χ2n) is 4.00. The van der Waals surface area contributed by atoms with Gasteiger partial charge in [-0.25, -0.2) is 0 Å². The Labute approximate surface area is 91.2 Å². The third-order valence-corrected chi connectivity index (χ3v) is 2.39. The maximum atomic E-state index is 5.64. The summed E-state index contributed by atoms with van der Waals surface area (Å²) in [6, 6.07) is -0.136. The maximum Gasteiger partial charge on any atom is 0.226 e. The minimum Gasteiger partial charge on any atom is -0.339 e. The van der Waals surface area contributed by atoms with Gasteiger partial charge in [-0.3, -0.25) is 0 Å². The Hall–Kier alpha value is -0.900. The van der Waals surface area contributed by atoms with Gasteiger partial charge in [0.2, 0.25) is 5.89 Å². The van der Waals surface area contributed by atoms with Gasteiger partial charge in [0.25, 0.3) is 0 Å². The number of hydrogen-bond acceptors (Lipinski definition) is 4. The molecule has 4 heteroatoms. The quantitative estimate of drug-likeness (QED) is 0.704. The zero-order valence-corrected chi connectivity index (χ0v) is 9.70. The first kappa shape index (κ1) is 12.2. The van der Waals surface area contributed by atoms with E-state index >= 15 is 0 Å². The lowest BCUT2D eigenvalue weighted by Crippen LogP contribution is -2.06. The molecule has 0 fully saturated rings. The lowest BCUT2D eigenvalue weighted by atomic mass is 10.1. The lowest BCUT2D eigenvalue weighted by Gasteiger charge is -1.96. The van der Waals surface area contributed by atoms with E-state index in [1.165, 1.54) is 25.7 Å². The van der Waals surface area contributed by atoms with E-state index in [1.54, 1.807) is 0 Å². The molecule has 0 aliphatic rings. The molecule has 0 spiro atoms. The number of nitrogens with zero attached hydrogens (tertiary/aromatic N) is 2. The fourth-order valence-electron chi connectivity index (χ4n) is 1.43. The second kappa shape index (κ2) is 6.56. The highest BCUT2D eigenvalue weighted by Gasteiger charge is 2.08. The summed E-state index contributed by atoms with van der Waals surface area (Å²) >= 11 is 0. The summed E-state index contributed by atoms with van der Waals surface area (Å²) in [7, 11) is 0. The smallest absolute Gasteiger partial charge is 0.226 e. The van der Waals surface area contributed by atoms with Crippen molar-refractivity contribution in [2.45, 2.75) is 58.4 Å². The van der Waals surface area contributed by atoms with Gasteiger partial charge in [0.1, 0.15) is 0 Å². The van der Waals surface area contributed by atoms with Crippen LogP contribution in [0.2, 0.25) is 0 Å². The topological polar surface area (TPSA) is 64.9 Å². The average Bonchev–Trinajstić information content (AvgIpc) is 2.66. The van der Waals surface area contributed by atoms with E-state index < -0.39 is 0 Å². The minimum atomic E-state index is -0.136. The maximum absolute atomic E-state index is 5.64. The third-order valence-electron chi connectivity index (χ3n) is 2.39. The highest BCUT2D eigenvalue weighted by molar-refractivity contribution is 4.90. The largest absolute Gasteiger partial charge is 0.339 e. The minimum absolute atomic E-state index is 0.136. The number of hydrogen-bond donors (Lipinski definition) is 1. The van der Waals surface area contributed by atoms with E-state index in [1.807, 2.05) is 6.92 Å². The molecule has 0 amide bonds. The summed E-state index contributed by atoms with van der Waals surface area (Å²) in [5, 5.41) is 3.82. The van der Waals surface area contributed by atoms with Crippen LogP contribution in [0.4, 0.5) is 0 Å². The second-order valence-corrected chi connectivity index (χ2v) is 4.00. The van der Waals surface area contributed by atoms with Crippen molar-refractivity contribution < 1.29 is 4.52 Å². The van der Waals surface area contributed by atoms with Gasteiger partial charge >= 0.3 is 0 Å². The van der Waals surface area contributed by atoms with Crippen LogP contribution < -0.4 is 5.73 Å². The van der Waals surface area contributed by atoms with Crippen LogP contribution in [0.15, 0.2) is 4.52 Å². The lowest BCUT2D eigenvalue weighted by molar-refractivity contribution is 0.366. The van der Waals surface area contributed by atoms with Gasteiger partial charge in [-0.2, -0.15) is 4.98 Å². The molecule has 0 bridgehead atoms. The summed E-state index contributed by atoms with van der Waals surface area (Å²) in [6.07, 6.45) is 7.13. The molecule has 2 N–H and O–H groups in total. The van der Waals surface area contributed by atoms with Crippen LogP contribution in [0.3, 0.4) is 0 Å². The van der Waals surface area contributed by atoms with E-state index in [9.17, 15) is 0 Å². The van der Waals surface area contributed by atoms with Gasteiger partial charge in [-0.15, -0.1) is 0 Å². The highest BCUT2D eigenvalue weighted by Crippen LogP contribution is 2.09. The Kier molecular flexibility index (Phi) is 5.32. The number of unbranched alkanes of at least 4 members (excludes halogenated alkanes) is 4. The van der Waals surface area contributed by atoms with Crippen LogP contribution in [0.25, 0.3) is 0 Å². The van der Waals surface area contributed by atoms with Crippen molar-refractivity contribution in [3.63, 3.8) is 0 Å². The van der Waals surface area contributed by atoms with Gasteiger partial charge in [0.15, 0.2) is 5.82 Å². The molecule has 4 nitrogen and oxygen atoms in total. The number of aromatic nitrogens is 2. The Morgan fingerprint density at radius 2 is 2.00 bits per heavy atom. The van der Waals surface area contributed by atoms with Crippen molar-refractivity contribution in [2.75, 3.05) is 0 Å². The number of aryl methyl sites for hydroxylation is 1. The number of nitrogens with two attached hydrogens (primary N) is 1. The summed E-state index contributed by atoms with van der Waals surface area (Å²) in [6.45, 7) is 4.07.